The lowest BCUT2D eigenvalue weighted by atomic mass is 10.00. The predicted molar refractivity (Wildman–Crippen MR) is 258 cm³/mol. The van der Waals surface area contributed by atoms with Crippen LogP contribution < -0.4 is 33.9 Å². The van der Waals surface area contributed by atoms with Gasteiger partial charge < -0.3 is 44.1 Å². The fraction of sp³-hybridized carbons (Fsp3) is 0.512. The predicted octanol–water partition coefficient (Wildman–Crippen LogP) is 2.95. The van der Waals surface area contributed by atoms with Crippen LogP contribution in [0.25, 0.3) is 0 Å². The van der Waals surface area contributed by atoms with Crippen LogP contribution in [0.5, 0.6) is 0 Å². The average Bonchev–Trinajstić information content (AvgIpc) is 3.75. The molecule has 11 unspecified atom stereocenters. The van der Waals surface area contributed by atoms with Crippen molar-refractivity contribution in [1.29, 1.82) is 0 Å². The number of aliphatic hydroxyl groups excluding tert-OH is 1. The molecular formula is C41H69Cl2N4O6P7. The van der Waals surface area contributed by atoms with Gasteiger partial charge in [-0.25, -0.2) is 18.3 Å². The maximum atomic E-state index is 12.1. The molecular weight excluding hydrogens is 932 g/mol. The highest BCUT2D eigenvalue weighted by molar-refractivity contribution is 8.65. The number of benzene rings is 2. The molecule has 11 atom stereocenters. The molecule has 0 aliphatic carbocycles. The molecule has 1 aliphatic heterocycles. The average molecular weight is 1000 g/mol. The van der Waals surface area contributed by atoms with Gasteiger partial charge in [0.1, 0.15) is 69.3 Å². The van der Waals surface area contributed by atoms with Crippen LogP contribution in [-0.4, -0.2) is 58.2 Å². The third-order valence-corrected chi connectivity index (χ3v) is 9.38. The van der Waals surface area contributed by atoms with Gasteiger partial charge in [0.2, 0.25) is 12.7 Å². The number of halogens is 2. The Morgan fingerprint density at radius 3 is 1.52 bits per heavy atom. The van der Waals surface area contributed by atoms with Gasteiger partial charge in [0.15, 0.2) is 0 Å². The molecule has 19 heteroatoms. The smallest absolute Gasteiger partial charge is 0.308 e. The molecule has 2 aromatic carbocycles. The van der Waals surface area contributed by atoms with Crippen molar-refractivity contribution in [3.8, 4) is 0 Å². The van der Waals surface area contributed by atoms with Crippen molar-refractivity contribution in [1.82, 2.24) is 9.13 Å². The highest BCUT2D eigenvalue weighted by atomic mass is 35.5. The fourth-order valence-corrected chi connectivity index (χ4v) is 5.96. The van der Waals surface area contributed by atoms with E-state index in [0.717, 1.165) is 46.7 Å². The summed E-state index contributed by atoms with van der Waals surface area (Å²) in [5.74, 6) is -0.679. The number of aliphatic hydroxyl groups is 1. The first-order chi connectivity index (χ1) is 27.8. The van der Waals surface area contributed by atoms with Gasteiger partial charge in [-0.1, -0.05) is 103 Å². The van der Waals surface area contributed by atoms with Crippen molar-refractivity contribution in [2.75, 3.05) is 19.8 Å². The molecule has 1 saturated heterocycles. The van der Waals surface area contributed by atoms with Gasteiger partial charge in [-0.05, 0) is 37.4 Å². The van der Waals surface area contributed by atoms with Gasteiger partial charge in [-0.2, -0.15) is 0 Å². The van der Waals surface area contributed by atoms with Crippen molar-refractivity contribution in [2.45, 2.75) is 104 Å². The number of imidazole rings is 2. The van der Waals surface area contributed by atoms with Crippen LogP contribution >= 0.6 is 59.6 Å². The van der Waals surface area contributed by atoms with E-state index in [9.17, 15) is 14.7 Å². The maximum absolute atomic E-state index is 12.1. The van der Waals surface area contributed by atoms with E-state index in [2.05, 4.69) is 151 Å². The van der Waals surface area contributed by atoms with Crippen molar-refractivity contribution < 1.29 is 62.9 Å². The first-order valence-electron chi connectivity index (χ1n) is 19.9. The first-order valence-corrected chi connectivity index (χ1v) is 30.7. The van der Waals surface area contributed by atoms with Crippen LogP contribution in [0, 0.1) is 11.8 Å². The Morgan fingerprint density at radius 1 is 0.783 bits per heavy atom. The zero-order chi connectivity index (χ0) is 42.9. The van der Waals surface area contributed by atoms with Crippen molar-refractivity contribution in [3.63, 3.8) is 0 Å². The van der Waals surface area contributed by atoms with Crippen LogP contribution in [0.1, 0.15) is 89.9 Å². The standard InChI is InChI=1S/C21H31N2O3.C20H27N2O3.2ClH.H6P4.H5P3/c1-4-19(13-17(3)21(25)26-15-20(24)5-2)23-12-11-22(16-23)14-18-9-7-6-8-10-18;1-3-18(11-16(2)20(23)25-14-19-13-24-19)22-10-9-21(15-22)12-17-7-5-4-6-8-17;;;1-4(2)3;1-3-2/h6-12,16-17,19-20,24H,4-5,13-15H2,1-3H3;4-10,15-16,18-19H,3,11-14H2,1-2H3;2*1H;1-3H2;3H,1-2H2/q2*+1;;;;/p-2. The Balaban J connectivity index is 0.000000976. The van der Waals surface area contributed by atoms with Crippen LogP contribution in [-0.2, 0) is 36.9 Å². The molecule has 0 radical (unpaired) electrons. The minimum absolute atomic E-state index is 0. The van der Waals surface area contributed by atoms with E-state index in [-0.39, 0.29) is 80.4 Å². The van der Waals surface area contributed by atoms with Crippen molar-refractivity contribution in [2.24, 2.45) is 11.8 Å². The van der Waals surface area contributed by atoms with E-state index in [1.165, 1.54) is 11.1 Å². The Kier molecular flexibility index (Phi) is 34.3. The van der Waals surface area contributed by atoms with Gasteiger partial charge in [0, 0.05) is 12.8 Å². The SMILES string of the molecule is CCC(CC(C)C(=O)OCC1CO1)n1cc[n+](Cc2ccccc2)c1.CCC(O)COC(=O)C(C)CC(CC)n1cc[n+](Cc2ccccc2)c1.PP(P)P.PPP.[Cl-].[Cl-]. The minimum Gasteiger partial charge on any atom is -1.00 e. The summed E-state index contributed by atoms with van der Waals surface area (Å²) < 4.78 is 24.3. The Labute approximate surface area is 386 Å². The van der Waals surface area contributed by atoms with Crippen LogP contribution in [0.15, 0.2) is 98.1 Å². The second-order valence-corrected chi connectivity index (χ2v) is 30.3. The Hall–Kier alpha value is -0.690. The molecule has 0 saturated carbocycles. The zero-order valence-electron chi connectivity index (χ0n) is 35.6. The number of carbonyl (C=O) groups excluding carboxylic acids is 2. The second kappa shape index (κ2) is 34.7. The summed E-state index contributed by atoms with van der Waals surface area (Å²) in [6, 6.07) is 21.3. The third kappa shape index (κ3) is 25.6. The number of rotatable bonds is 19. The quantitative estimate of drug-likeness (QED) is 0.0672. The number of esters is 2. The van der Waals surface area contributed by atoms with Gasteiger partial charge in [0.25, 0.3) is 0 Å². The zero-order valence-corrected chi connectivity index (χ0v) is 44.8. The molecule has 0 spiro atoms. The molecule has 1 N–H and O–H groups in total. The lowest BCUT2D eigenvalue weighted by Crippen LogP contribution is -3.00. The highest BCUT2D eigenvalue weighted by Gasteiger charge is 2.28. The molecule has 4 aromatic rings. The number of nitrogens with zero attached hydrogens (tertiary/aromatic N) is 4. The molecule has 5 rings (SSSR count). The number of ether oxygens (including phenoxy) is 3. The second-order valence-electron chi connectivity index (χ2n) is 14.3. The Morgan fingerprint density at radius 2 is 1.17 bits per heavy atom. The molecule has 3 heterocycles. The van der Waals surface area contributed by atoms with Gasteiger partial charge in [-0.3, -0.25) is 9.59 Å². The minimum atomic E-state index is -0.575. The molecule has 0 amide bonds. The van der Waals surface area contributed by atoms with E-state index in [4.69, 9.17) is 14.2 Å². The molecule has 0 bridgehead atoms. The summed E-state index contributed by atoms with van der Waals surface area (Å²) in [6.07, 6.45) is 16.1. The van der Waals surface area contributed by atoms with Gasteiger partial charge in [0.05, 0.1) is 24.5 Å². The summed E-state index contributed by atoms with van der Waals surface area (Å²) >= 11 is 0. The number of aromatic nitrogens is 4. The van der Waals surface area contributed by atoms with Crippen LogP contribution in [0.2, 0.25) is 0 Å². The number of hydrogen-bond acceptors (Lipinski definition) is 6. The van der Waals surface area contributed by atoms with E-state index in [1.54, 1.807) is 0 Å². The topological polar surface area (TPSA) is 103 Å². The normalized spacial score (nSPS) is 15.0. The van der Waals surface area contributed by atoms with E-state index in [1.807, 2.05) is 45.0 Å². The van der Waals surface area contributed by atoms with Crippen molar-refractivity contribution in [3.05, 3.63) is 109 Å². The van der Waals surface area contributed by atoms with E-state index >= 15 is 0 Å². The lowest BCUT2D eigenvalue weighted by molar-refractivity contribution is -0.688. The fourth-order valence-electron chi connectivity index (χ4n) is 5.96. The molecule has 2 aromatic heterocycles. The highest BCUT2D eigenvalue weighted by Crippen LogP contribution is 2.59. The van der Waals surface area contributed by atoms with Gasteiger partial charge >= 0.3 is 11.9 Å². The van der Waals surface area contributed by atoms with Gasteiger partial charge in [-0.15, -0.1) is 44.6 Å². The summed E-state index contributed by atoms with van der Waals surface area (Å²) in [6.45, 7) is 13.0. The largest absolute Gasteiger partial charge is 1.00 e. The number of epoxide rings is 1. The molecule has 1 fully saturated rings. The van der Waals surface area contributed by atoms with Crippen molar-refractivity contribution >= 4 is 71.5 Å². The number of carbonyl (C=O) groups is 2. The van der Waals surface area contributed by atoms with E-state index < -0.39 is 6.10 Å². The number of hydrogen-bond donors (Lipinski definition) is 1. The monoisotopic (exact) mass is 1000 g/mol. The van der Waals surface area contributed by atoms with Crippen LogP contribution in [0.4, 0.5) is 0 Å². The molecule has 60 heavy (non-hydrogen) atoms. The van der Waals surface area contributed by atoms with Crippen LogP contribution in [0.3, 0.4) is 0 Å². The summed E-state index contributed by atoms with van der Waals surface area (Å²) in [5.41, 5.74) is 2.53. The molecule has 10 nitrogen and oxygen atoms in total. The summed E-state index contributed by atoms with van der Waals surface area (Å²) in [4.78, 5) is 24.3. The molecule has 1 aliphatic rings. The first kappa shape index (κ1) is 59.3. The van der Waals surface area contributed by atoms with E-state index in [0.29, 0.717) is 19.6 Å². The maximum Gasteiger partial charge on any atom is 0.308 e. The summed E-state index contributed by atoms with van der Waals surface area (Å²) in [5, 5.41) is 9.53. The summed E-state index contributed by atoms with van der Waals surface area (Å²) in [7, 11) is 14.0. The lowest BCUT2D eigenvalue weighted by Gasteiger charge is -2.17. The third-order valence-electron chi connectivity index (χ3n) is 9.38. The Bertz CT molecular complexity index is 1690. The molecule has 338 valence electrons.